The molecule has 1 saturated heterocycles. The van der Waals surface area contributed by atoms with E-state index < -0.39 is 0 Å². The van der Waals surface area contributed by atoms with Crippen molar-refractivity contribution in [1.29, 1.82) is 0 Å². The number of rotatable bonds is 0. The predicted molar refractivity (Wildman–Crippen MR) is 36.6 cm³/mol. The molecule has 0 bridgehead atoms. The van der Waals surface area contributed by atoms with E-state index in [-0.39, 0.29) is 0 Å². The normalized spacial score (nSPS) is 34.3. The topological polar surface area (TPSA) is 0 Å². The fourth-order valence-electron chi connectivity index (χ4n) is 0.909. The Hall–Kier alpha value is 0.700. The Balaban J connectivity index is 2.07. The van der Waals surface area contributed by atoms with E-state index in [0.29, 0.717) is 0 Å². The highest BCUT2D eigenvalue weighted by molar-refractivity contribution is 8.77. The third kappa shape index (κ3) is 0.685. The van der Waals surface area contributed by atoms with Crippen LogP contribution in [0.4, 0.5) is 0 Å². The largest absolute Gasteiger partial charge is 0.0935 e. The van der Waals surface area contributed by atoms with Gasteiger partial charge in [-0.1, -0.05) is 21.6 Å². The monoisotopic (exact) mass is 132 g/mol. The van der Waals surface area contributed by atoms with E-state index in [1.54, 1.807) is 0 Å². The maximum Gasteiger partial charge on any atom is 0.0272 e. The van der Waals surface area contributed by atoms with Crippen molar-refractivity contribution in [2.75, 3.05) is 5.75 Å². The standard InChI is InChI=1S/C5H8S2/c1-2-5(1)3-4-6-7-5/h1-4H2. The van der Waals surface area contributed by atoms with Gasteiger partial charge in [-0.25, -0.2) is 0 Å². The Kier molecular flexibility index (Phi) is 0.880. The highest BCUT2D eigenvalue weighted by Crippen LogP contribution is 2.61. The summed E-state index contributed by atoms with van der Waals surface area (Å²) in [6, 6.07) is 0. The minimum Gasteiger partial charge on any atom is -0.0935 e. The van der Waals surface area contributed by atoms with Crippen LogP contribution in [0.1, 0.15) is 19.3 Å². The second-order valence-corrected chi connectivity index (χ2v) is 5.22. The summed E-state index contributed by atoms with van der Waals surface area (Å²) in [5.41, 5.74) is 0. The molecule has 2 aliphatic rings. The first-order valence-corrected chi connectivity index (χ1v) is 5.04. The third-order valence-corrected chi connectivity index (χ3v) is 5.05. The molecule has 0 aromatic carbocycles. The van der Waals surface area contributed by atoms with Crippen LogP contribution in [0.25, 0.3) is 0 Å². The zero-order valence-corrected chi connectivity index (χ0v) is 5.78. The van der Waals surface area contributed by atoms with Crippen molar-refractivity contribution < 1.29 is 0 Å². The van der Waals surface area contributed by atoms with Crippen LogP contribution in [0.2, 0.25) is 0 Å². The molecule has 0 nitrogen and oxygen atoms in total. The average molecular weight is 132 g/mol. The lowest BCUT2D eigenvalue weighted by Gasteiger charge is -1.95. The highest BCUT2D eigenvalue weighted by Gasteiger charge is 2.46. The fourth-order valence-corrected chi connectivity index (χ4v) is 4.30. The molecular formula is C5H8S2. The maximum atomic E-state index is 2.13. The van der Waals surface area contributed by atoms with Gasteiger partial charge in [-0.15, -0.1) is 0 Å². The minimum absolute atomic E-state index is 0.824. The Morgan fingerprint density at radius 1 is 1.14 bits per heavy atom. The molecule has 0 amide bonds. The van der Waals surface area contributed by atoms with Gasteiger partial charge in [0.1, 0.15) is 0 Å². The molecule has 2 rings (SSSR count). The van der Waals surface area contributed by atoms with Gasteiger partial charge in [0, 0.05) is 10.5 Å². The van der Waals surface area contributed by atoms with Crippen molar-refractivity contribution in [3.63, 3.8) is 0 Å². The molecule has 1 aliphatic carbocycles. The van der Waals surface area contributed by atoms with Crippen molar-refractivity contribution in [3.05, 3.63) is 0 Å². The van der Waals surface area contributed by atoms with Gasteiger partial charge in [0.2, 0.25) is 0 Å². The van der Waals surface area contributed by atoms with E-state index in [1.165, 1.54) is 25.0 Å². The number of hydrogen-bond donors (Lipinski definition) is 0. The van der Waals surface area contributed by atoms with E-state index in [2.05, 4.69) is 21.6 Å². The van der Waals surface area contributed by atoms with Crippen molar-refractivity contribution in [1.82, 2.24) is 0 Å². The molecule has 1 heterocycles. The van der Waals surface area contributed by atoms with E-state index >= 15 is 0 Å². The van der Waals surface area contributed by atoms with Crippen LogP contribution in [0.15, 0.2) is 0 Å². The van der Waals surface area contributed by atoms with Crippen LogP contribution < -0.4 is 0 Å². The van der Waals surface area contributed by atoms with Gasteiger partial charge in [0.25, 0.3) is 0 Å². The second kappa shape index (κ2) is 1.35. The van der Waals surface area contributed by atoms with Gasteiger partial charge in [-0.3, -0.25) is 0 Å². The molecule has 2 fully saturated rings. The molecule has 0 aromatic heterocycles. The molecule has 0 atom stereocenters. The Labute approximate surface area is 51.8 Å². The van der Waals surface area contributed by atoms with Crippen LogP contribution in [0.5, 0.6) is 0 Å². The first-order chi connectivity index (χ1) is 3.41. The molecule has 40 valence electrons. The van der Waals surface area contributed by atoms with Gasteiger partial charge >= 0.3 is 0 Å². The van der Waals surface area contributed by atoms with Gasteiger partial charge in [0.05, 0.1) is 0 Å². The molecular weight excluding hydrogens is 124 g/mol. The molecule has 0 aromatic rings. The summed E-state index contributed by atoms with van der Waals surface area (Å²) in [6.07, 6.45) is 4.50. The summed E-state index contributed by atoms with van der Waals surface area (Å²) in [4.78, 5) is 0. The number of hydrogen-bond acceptors (Lipinski definition) is 2. The quantitative estimate of drug-likeness (QED) is 0.464. The van der Waals surface area contributed by atoms with Crippen molar-refractivity contribution in [3.8, 4) is 0 Å². The Morgan fingerprint density at radius 2 is 2.00 bits per heavy atom. The maximum absolute atomic E-state index is 2.13. The SMILES string of the molecule is C1CC2(CC2)SS1. The third-order valence-electron chi connectivity index (χ3n) is 1.68. The van der Waals surface area contributed by atoms with Crippen LogP contribution >= 0.6 is 21.6 Å². The van der Waals surface area contributed by atoms with Crippen molar-refractivity contribution in [2.24, 2.45) is 0 Å². The van der Waals surface area contributed by atoms with Gasteiger partial charge in [-0.05, 0) is 19.3 Å². The van der Waals surface area contributed by atoms with E-state index in [4.69, 9.17) is 0 Å². The van der Waals surface area contributed by atoms with Crippen LogP contribution in [0.3, 0.4) is 0 Å². The van der Waals surface area contributed by atoms with Gasteiger partial charge in [-0.2, -0.15) is 0 Å². The first-order valence-electron chi connectivity index (χ1n) is 2.72. The summed E-state index contributed by atoms with van der Waals surface area (Å²) in [6.45, 7) is 0. The Morgan fingerprint density at radius 3 is 2.29 bits per heavy atom. The van der Waals surface area contributed by atoms with Gasteiger partial charge < -0.3 is 0 Å². The second-order valence-electron chi connectivity index (χ2n) is 2.34. The molecule has 0 radical (unpaired) electrons. The molecule has 0 N–H and O–H groups in total. The first kappa shape index (κ1) is 4.57. The molecule has 1 saturated carbocycles. The van der Waals surface area contributed by atoms with Crippen molar-refractivity contribution in [2.45, 2.75) is 24.0 Å². The lowest BCUT2D eigenvalue weighted by molar-refractivity contribution is 0.881. The van der Waals surface area contributed by atoms with Crippen LogP contribution in [0, 0.1) is 0 Å². The van der Waals surface area contributed by atoms with Crippen LogP contribution in [-0.2, 0) is 0 Å². The highest BCUT2D eigenvalue weighted by atomic mass is 33.1. The zero-order valence-electron chi connectivity index (χ0n) is 4.14. The predicted octanol–water partition coefficient (Wildman–Crippen LogP) is 2.30. The smallest absolute Gasteiger partial charge is 0.0272 e. The molecule has 7 heavy (non-hydrogen) atoms. The summed E-state index contributed by atoms with van der Waals surface area (Å²) in [7, 11) is 4.19. The summed E-state index contributed by atoms with van der Waals surface area (Å²) < 4.78 is 0.824. The average Bonchev–Trinajstić information content (AvgIpc) is 2.15. The zero-order chi connectivity index (χ0) is 4.74. The summed E-state index contributed by atoms with van der Waals surface area (Å²) in [5, 5.41) is 0. The van der Waals surface area contributed by atoms with E-state index in [1.807, 2.05) is 0 Å². The van der Waals surface area contributed by atoms with Crippen molar-refractivity contribution >= 4 is 21.6 Å². The molecule has 0 unspecified atom stereocenters. The Bertz CT molecular complexity index is 78.1. The molecule has 2 heteroatoms. The van der Waals surface area contributed by atoms with E-state index in [9.17, 15) is 0 Å². The fraction of sp³-hybridized carbons (Fsp3) is 1.00. The lowest BCUT2D eigenvalue weighted by Crippen LogP contribution is -1.92. The lowest BCUT2D eigenvalue weighted by atomic mass is 10.3. The summed E-state index contributed by atoms with van der Waals surface area (Å²) in [5.74, 6) is 1.41. The molecule has 1 aliphatic heterocycles. The van der Waals surface area contributed by atoms with Crippen LogP contribution in [-0.4, -0.2) is 10.5 Å². The van der Waals surface area contributed by atoms with E-state index in [0.717, 1.165) is 4.75 Å². The molecule has 1 spiro atoms. The minimum atomic E-state index is 0.824. The van der Waals surface area contributed by atoms with Gasteiger partial charge in [0.15, 0.2) is 0 Å². The summed E-state index contributed by atoms with van der Waals surface area (Å²) >= 11 is 0.